The number of aromatic nitrogens is 2. The van der Waals surface area contributed by atoms with Gasteiger partial charge >= 0.3 is 0 Å². The number of anilines is 1. The first-order valence-electron chi connectivity index (χ1n) is 8.55. The monoisotopic (exact) mass is 353 g/mol. The lowest BCUT2D eigenvalue weighted by atomic mass is 10.1. The highest BCUT2D eigenvalue weighted by atomic mass is 32.1. The molecule has 0 atom stereocenters. The Bertz CT molecular complexity index is 1020. The molecule has 3 aromatic rings. The van der Waals surface area contributed by atoms with Crippen LogP contribution in [-0.2, 0) is 30.6 Å². The molecule has 1 N–H and O–H groups in total. The molecule has 2 heterocycles. The maximum absolute atomic E-state index is 12.8. The van der Waals surface area contributed by atoms with Crippen LogP contribution in [0.25, 0.3) is 10.2 Å². The molecule has 0 saturated heterocycles. The van der Waals surface area contributed by atoms with Crippen molar-refractivity contribution in [3.05, 3.63) is 57.0 Å². The minimum atomic E-state index is -0.212. The van der Waals surface area contributed by atoms with Crippen molar-refractivity contribution in [2.24, 2.45) is 0 Å². The molecule has 1 aromatic carbocycles. The lowest BCUT2D eigenvalue weighted by Gasteiger charge is -2.10. The lowest BCUT2D eigenvalue weighted by molar-refractivity contribution is -0.116. The predicted molar refractivity (Wildman–Crippen MR) is 100 cm³/mol. The molecule has 0 unspecified atom stereocenters. The first kappa shape index (κ1) is 16.0. The van der Waals surface area contributed by atoms with Gasteiger partial charge in [-0.1, -0.05) is 25.1 Å². The van der Waals surface area contributed by atoms with Gasteiger partial charge in [-0.2, -0.15) is 0 Å². The van der Waals surface area contributed by atoms with Crippen molar-refractivity contribution >= 4 is 33.1 Å². The van der Waals surface area contributed by atoms with E-state index in [9.17, 15) is 9.59 Å². The molecular weight excluding hydrogens is 334 g/mol. The van der Waals surface area contributed by atoms with Gasteiger partial charge in [0, 0.05) is 10.6 Å². The Labute approximate surface area is 149 Å². The average molecular weight is 353 g/mol. The molecule has 2 aromatic heterocycles. The average Bonchev–Trinajstić information content (AvgIpc) is 3.18. The zero-order valence-corrected chi connectivity index (χ0v) is 14.9. The number of nitrogens with zero attached hydrogens (tertiary/aromatic N) is 2. The second-order valence-corrected chi connectivity index (χ2v) is 7.36. The molecule has 0 fully saturated rings. The number of carbonyl (C=O) groups is 1. The molecule has 5 nitrogen and oxygen atoms in total. The first-order valence-corrected chi connectivity index (χ1v) is 9.36. The molecule has 0 radical (unpaired) electrons. The van der Waals surface area contributed by atoms with Gasteiger partial charge in [-0.3, -0.25) is 14.2 Å². The molecule has 0 saturated carbocycles. The summed E-state index contributed by atoms with van der Waals surface area (Å²) in [4.78, 5) is 31.7. The summed E-state index contributed by atoms with van der Waals surface area (Å²) in [5, 5.41) is 3.62. The quantitative estimate of drug-likeness (QED) is 0.784. The molecule has 128 valence electrons. The largest absolute Gasteiger partial charge is 0.324 e. The Kier molecular flexibility index (Phi) is 4.13. The van der Waals surface area contributed by atoms with Crippen LogP contribution in [0.3, 0.4) is 0 Å². The second-order valence-electron chi connectivity index (χ2n) is 6.27. The zero-order valence-electron chi connectivity index (χ0n) is 14.0. The molecule has 6 heteroatoms. The summed E-state index contributed by atoms with van der Waals surface area (Å²) in [5.41, 5.74) is 2.91. The molecule has 0 aliphatic heterocycles. The summed E-state index contributed by atoms with van der Waals surface area (Å²) < 4.78 is 1.41. The fourth-order valence-electron chi connectivity index (χ4n) is 3.43. The van der Waals surface area contributed by atoms with Crippen LogP contribution in [0, 0.1) is 0 Å². The van der Waals surface area contributed by atoms with Gasteiger partial charge in [0.25, 0.3) is 5.56 Å². The highest BCUT2D eigenvalue weighted by Crippen LogP contribution is 2.34. The Morgan fingerprint density at radius 1 is 1.32 bits per heavy atom. The Morgan fingerprint density at radius 2 is 2.16 bits per heavy atom. The van der Waals surface area contributed by atoms with Gasteiger partial charge in [0.05, 0.1) is 11.7 Å². The van der Waals surface area contributed by atoms with E-state index in [-0.39, 0.29) is 18.0 Å². The van der Waals surface area contributed by atoms with E-state index in [4.69, 9.17) is 0 Å². The molecule has 0 spiro atoms. The fourth-order valence-corrected chi connectivity index (χ4v) is 4.65. The molecule has 0 bridgehead atoms. The van der Waals surface area contributed by atoms with Crippen LogP contribution in [0.15, 0.2) is 35.4 Å². The van der Waals surface area contributed by atoms with Crippen LogP contribution in [-0.4, -0.2) is 15.5 Å². The summed E-state index contributed by atoms with van der Waals surface area (Å²) in [6, 6.07) is 7.72. The van der Waals surface area contributed by atoms with Crippen LogP contribution in [0.4, 0.5) is 5.69 Å². The van der Waals surface area contributed by atoms with Gasteiger partial charge in [-0.05, 0) is 42.9 Å². The van der Waals surface area contributed by atoms with E-state index in [1.807, 2.05) is 31.2 Å². The van der Waals surface area contributed by atoms with E-state index in [2.05, 4.69) is 10.3 Å². The summed E-state index contributed by atoms with van der Waals surface area (Å²) in [6.07, 6.45) is 5.39. The third-order valence-corrected chi connectivity index (χ3v) is 5.88. The van der Waals surface area contributed by atoms with Gasteiger partial charge in [-0.15, -0.1) is 11.3 Å². The van der Waals surface area contributed by atoms with E-state index >= 15 is 0 Å². The van der Waals surface area contributed by atoms with E-state index in [1.165, 1.54) is 15.8 Å². The maximum Gasteiger partial charge on any atom is 0.262 e. The molecule has 25 heavy (non-hydrogen) atoms. The molecule has 1 amide bonds. The standard InChI is InChI=1S/C19H19N3O2S/c1-2-12-6-3-4-8-14(12)21-16(23)10-22-11-20-18-17(19(22)24)13-7-5-9-15(13)25-18/h3-4,6,8,11H,2,5,7,9-10H2,1H3,(H,21,23). The van der Waals surface area contributed by atoms with Gasteiger partial charge < -0.3 is 5.32 Å². The number of amides is 1. The second kappa shape index (κ2) is 6.44. The van der Waals surface area contributed by atoms with Crippen molar-refractivity contribution in [3.8, 4) is 0 Å². The molecule has 1 aliphatic rings. The number of rotatable bonds is 4. The van der Waals surface area contributed by atoms with Crippen molar-refractivity contribution in [1.82, 2.24) is 9.55 Å². The van der Waals surface area contributed by atoms with Crippen LogP contribution >= 0.6 is 11.3 Å². The minimum absolute atomic E-state index is 0.0234. The third kappa shape index (κ3) is 2.87. The van der Waals surface area contributed by atoms with E-state index in [0.717, 1.165) is 47.3 Å². The van der Waals surface area contributed by atoms with Gasteiger partial charge in [0.1, 0.15) is 11.4 Å². The summed E-state index contributed by atoms with van der Waals surface area (Å²) in [7, 11) is 0. The first-order chi connectivity index (χ1) is 12.2. The third-order valence-electron chi connectivity index (χ3n) is 4.68. The number of carbonyl (C=O) groups excluding carboxylic acids is 1. The summed E-state index contributed by atoms with van der Waals surface area (Å²) in [5.74, 6) is -0.212. The molecular formula is C19H19N3O2S. The highest BCUT2D eigenvalue weighted by Gasteiger charge is 2.21. The van der Waals surface area contributed by atoms with E-state index < -0.39 is 0 Å². The number of thiophene rings is 1. The Morgan fingerprint density at radius 3 is 3.00 bits per heavy atom. The number of nitrogens with one attached hydrogen (secondary N) is 1. The maximum atomic E-state index is 12.8. The normalized spacial score (nSPS) is 13.2. The van der Waals surface area contributed by atoms with Gasteiger partial charge in [-0.25, -0.2) is 4.98 Å². The Hall–Kier alpha value is -2.47. The van der Waals surface area contributed by atoms with Crippen molar-refractivity contribution < 1.29 is 4.79 Å². The smallest absolute Gasteiger partial charge is 0.262 e. The summed E-state index contributed by atoms with van der Waals surface area (Å²) >= 11 is 1.61. The SMILES string of the molecule is CCc1ccccc1NC(=O)Cn1cnc2sc3c(c2c1=O)CCC3. The molecule has 1 aliphatic carbocycles. The molecule has 4 rings (SSSR count). The lowest BCUT2D eigenvalue weighted by Crippen LogP contribution is -2.28. The number of benzene rings is 1. The van der Waals surface area contributed by atoms with E-state index in [1.54, 1.807) is 11.3 Å². The fraction of sp³-hybridized carbons (Fsp3) is 0.316. The van der Waals surface area contributed by atoms with Crippen LogP contribution in [0.1, 0.15) is 29.3 Å². The van der Waals surface area contributed by atoms with Crippen LogP contribution in [0.2, 0.25) is 0 Å². The number of fused-ring (bicyclic) bond motifs is 3. The highest BCUT2D eigenvalue weighted by molar-refractivity contribution is 7.18. The number of aryl methyl sites for hydroxylation is 3. The van der Waals surface area contributed by atoms with Crippen LogP contribution in [0.5, 0.6) is 0 Å². The summed E-state index contributed by atoms with van der Waals surface area (Å²) in [6.45, 7) is 2.02. The van der Waals surface area contributed by atoms with Gasteiger partial charge in [0.15, 0.2) is 0 Å². The van der Waals surface area contributed by atoms with Crippen LogP contribution < -0.4 is 10.9 Å². The number of hydrogen-bond donors (Lipinski definition) is 1. The number of para-hydroxylation sites is 1. The van der Waals surface area contributed by atoms with E-state index in [0.29, 0.717) is 5.39 Å². The minimum Gasteiger partial charge on any atom is -0.324 e. The van der Waals surface area contributed by atoms with Crippen molar-refractivity contribution in [2.45, 2.75) is 39.2 Å². The Balaban J connectivity index is 1.61. The van der Waals surface area contributed by atoms with Crippen molar-refractivity contribution in [3.63, 3.8) is 0 Å². The number of hydrogen-bond acceptors (Lipinski definition) is 4. The van der Waals surface area contributed by atoms with Crippen molar-refractivity contribution in [2.75, 3.05) is 5.32 Å². The zero-order chi connectivity index (χ0) is 17.4. The topological polar surface area (TPSA) is 64.0 Å². The van der Waals surface area contributed by atoms with Crippen molar-refractivity contribution in [1.29, 1.82) is 0 Å². The predicted octanol–water partition coefficient (Wildman–Crippen LogP) is 3.15. The van der Waals surface area contributed by atoms with Gasteiger partial charge in [0.2, 0.25) is 5.91 Å².